The van der Waals surface area contributed by atoms with E-state index < -0.39 is 11.0 Å². The molecule has 0 amide bonds. The van der Waals surface area contributed by atoms with Crippen LogP contribution in [0.25, 0.3) is 0 Å². The van der Waals surface area contributed by atoms with Gasteiger partial charge in [0.15, 0.2) is 11.5 Å². The second-order valence-corrected chi connectivity index (χ2v) is 10.4. The number of methoxy groups -OCH3 is 1. The van der Waals surface area contributed by atoms with E-state index in [-0.39, 0.29) is 24.0 Å². The van der Waals surface area contributed by atoms with Gasteiger partial charge in [0.1, 0.15) is 6.10 Å². The molecule has 6 heteroatoms. The van der Waals surface area contributed by atoms with Gasteiger partial charge in [0.25, 0.3) is 0 Å². The Bertz CT molecular complexity index is 857. The fourth-order valence-electron chi connectivity index (χ4n) is 7.42. The van der Waals surface area contributed by atoms with Crippen molar-refractivity contribution in [3.8, 4) is 11.5 Å². The quantitative estimate of drug-likeness (QED) is 0.650. The van der Waals surface area contributed by atoms with Gasteiger partial charge in [0, 0.05) is 38.5 Å². The zero-order valence-electron chi connectivity index (χ0n) is 18.5. The molecule has 2 aliphatic heterocycles. The highest BCUT2D eigenvalue weighted by Crippen LogP contribution is 2.65. The van der Waals surface area contributed by atoms with E-state index in [1.807, 2.05) is 0 Å². The van der Waals surface area contributed by atoms with E-state index in [4.69, 9.17) is 14.2 Å². The Balaban J connectivity index is 1.38. The van der Waals surface area contributed by atoms with Gasteiger partial charge in [-0.1, -0.05) is 12.5 Å². The zero-order chi connectivity index (χ0) is 21.2. The maximum atomic E-state index is 12.4. The minimum Gasteiger partial charge on any atom is -0.504 e. The van der Waals surface area contributed by atoms with Crippen LogP contribution in [0.4, 0.5) is 0 Å². The number of likely N-dealkylation sites (tertiary alicyclic amines) is 1. The summed E-state index contributed by atoms with van der Waals surface area (Å²) in [5, 5.41) is 23.1. The first kappa shape index (κ1) is 20.3. The van der Waals surface area contributed by atoms with Gasteiger partial charge in [-0.3, -0.25) is 4.90 Å². The summed E-state index contributed by atoms with van der Waals surface area (Å²) >= 11 is 0. The number of hydrogen-bond donors (Lipinski definition) is 2. The molecule has 5 aliphatic rings. The van der Waals surface area contributed by atoms with Crippen LogP contribution in [-0.4, -0.2) is 72.4 Å². The summed E-state index contributed by atoms with van der Waals surface area (Å²) in [5.74, 6) is 1.57. The fourth-order valence-corrected chi connectivity index (χ4v) is 7.42. The smallest absolute Gasteiger partial charge is 0.165 e. The summed E-state index contributed by atoms with van der Waals surface area (Å²) in [4.78, 5) is 2.58. The number of rotatable bonds is 7. The number of piperidine rings is 1. The summed E-state index contributed by atoms with van der Waals surface area (Å²) in [6, 6.07) is 3.95. The Labute approximate surface area is 184 Å². The van der Waals surface area contributed by atoms with Crippen LogP contribution in [0, 0.1) is 5.92 Å². The monoisotopic (exact) mass is 429 g/mol. The summed E-state index contributed by atoms with van der Waals surface area (Å²) in [7, 11) is 1.71. The average Bonchev–Trinajstić information content (AvgIpc) is 3.08. The Morgan fingerprint density at radius 1 is 1.19 bits per heavy atom. The second-order valence-electron chi connectivity index (χ2n) is 10.4. The molecule has 31 heavy (non-hydrogen) atoms. The van der Waals surface area contributed by atoms with Crippen LogP contribution < -0.4 is 4.74 Å². The predicted molar refractivity (Wildman–Crippen MR) is 116 cm³/mol. The summed E-state index contributed by atoms with van der Waals surface area (Å²) in [5.41, 5.74) is 0.991. The minimum absolute atomic E-state index is 0.0753. The number of aromatic hydroxyl groups is 1. The van der Waals surface area contributed by atoms with Crippen molar-refractivity contribution in [1.82, 2.24) is 4.90 Å². The van der Waals surface area contributed by atoms with Gasteiger partial charge in [0.2, 0.25) is 0 Å². The highest BCUT2D eigenvalue weighted by Gasteiger charge is 2.73. The number of phenols is 1. The van der Waals surface area contributed by atoms with Crippen molar-refractivity contribution in [2.75, 3.05) is 33.4 Å². The van der Waals surface area contributed by atoms with E-state index in [0.29, 0.717) is 19.0 Å². The molecular weight excluding hydrogens is 394 g/mol. The molecule has 1 spiro atoms. The van der Waals surface area contributed by atoms with Crippen molar-refractivity contribution in [2.45, 2.75) is 80.6 Å². The SMILES string of the molecule is COCCCO[C@H]1CC[C@@]2(O)[C@H]3Cc4ccc(O)c5c4[C@@]2(CCN3CC2CCC2)[C@H]1O5. The van der Waals surface area contributed by atoms with Crippen LogP contribution >= 0.6 is 0 Å². The number of aliphatic hydroxyl groups is 1. The molecule has 3 fully saturated rings. The molecule has 170 valence electrons. The van der Waals surface area contributed by atoms with E-state index in [2.05, 4.69) is 11.0 Å². The molecule has 2 bridgehead atoms. The third-order valence-electron chi connectivity index (χ3n) is 9.06. The van der Waals surface area contributed by atoms with Crippen molar-refractivity contribution in [3.63, 3.8) is 0 Å². The molecule has 2 heterocycles. The molecule has 1 aromatic carbocycles. The van der Waals surface area contributed by atoms with Crippen LogP contribution in [-0.2, 0) is 21.3 Å². The minimum atomic E-state index is -0.835. The first-order valence-corrected chi connectivity index (χ1v) is 12.2. The molecule has 6 nitrogen and oxygen atoms in total. The molecule has 0 radical (unpaired) electrons. The fraction of sp³-hybridized carbons (Fsp3) is 0.760. The lowest BCUT2D eigenvalue weighted by molar-refractivity contribution is -0.217. The van der Waals surface area contributed by atoms with Gasteiger partial charge in [-0.05, 0) is 69.0 Å². The van der Waals surface area contributed by atoms with Gasteiger partial charge in [-0.25, -0.2) is 0 Å². The van der Waals surface area contributed by atoms with Crippen molar-refractivity contribution in [3.05, 3.63) is 23.3 Å². The molecule has 1 saturated heterocycles. The zero-order valence-corrected chi connectivity index (χ0v) is 18.5. The second kappa shape index (κ2) is 7.34. The third-order valence-corrected chi connectivity index (χ3v) is 9.06. The van der Waals surface area contributed by atoms with E-state index in [0.717, 1.165) is 56.7 Å². The Kier molecular flexibility index (Phi) is 4.80. The summed E-state index contributed by atoms with van der Waals surface area (Å²) in [6.07, 6.45) is 7.73. The number of ether oxygens (including phenoxy) is 3. The van der Waals surface area contributed by atoms with E-state index >= 15 is 0 Å². The molecule has 1 aromatic rings. The summed E-state index contributed by atoms with van der Waals surface area (Å²) in [6.45, 7) is 3.38. The topological polar surface area (TPSA) is 71.4 Å². The van der Waals surface area contributed by atoms with Crippen molar-refractivity contribution < 1.29 is 24.4 Å². The van der Waals surface area contributed by atoms with Crippen LogP contribution in [0.2, 0.25) is 0 Å². The van der Waals surface area contributed by atoms with E-state index in [1.165, 1.54) is 24.8 Å². The number of nitrogens with zero attached hydrogens (tertiary/aromatic N) is 1. The lowest BCUT2D eigenvalue weighted by Gasteiger charge is -2.64. The van der Waals surface area contributed by atoms with Gasteiger partial charge in [-0.2, -0.15) is 0 Å². The number of benzene rings is 1. The maximum Gasteiger partial charge on any atom is 0.165 e. The summed E-state index contributed by atoms with van der Waals surface area (Å²) < 4.78 is 18.0. The molecule has 6 rings (SSSR count). The predicted octanol–water partition coefficient (Wildman–Crippen LogP) is 2.77. The standard InChI is InChI=1S/C25H35NO5/c1-29-12-3-13-30-19-8-9-25(28)20-14-17-6-7-18(27)22-21(17)24(25,23(19)31-22)10-11-26(20)15-16-4-2-5-16/h6-7,16,19-20,23,27-28H,2-5,8-15H2,1H3/t19-,20+,23-,24-,25+/m0/s1. The average molecular weight is 430 g/mol. The Morgan fingerprint density at radius 3 is 2.84 bits per heavy atom. The maximum absolute atomic E-state index is 12.4. The highest BCUT2D eigenvalue weighted by molar-refractivity contribution is 5.62. The van der Waals surface area contributed by atoms with Gasteiger partial charge in [0.05, 0.1) is 17.1 Å². The third kappa shape index (κ3) is 2.71. The molecular formula is C25H35NO5. The molecule has 3 aliphatic carbocycles. The molecule has 0 unspecified atom stereocenters. The van der Waals surface area contributed by atoms with Crippen LogP contribution in [0.5, 0.6) is 11.5 Å². The first-order valence-electron chi connectivity index (χ1n) is 12.2. The molecule has 0 aromatic heterocycles. The Morgan fingerprint density at radius 2 is 2.06 bits per heavy atom. The lowest BCUT2D eigenvalue weighted by Crippen LogP contribution is -2.77. The van der Waals surface area contributed by atoms with Crippen LogP contribution in [0.1, 0.15) is 56.1 Å². The molecule has 2 saturated carbocycles. The van der Waals surface area contributed by atoms with E-state index in [1.54, 1.807) is 13.2 Å². The number of phenolic OH excluding ortho intramolecular Hbond substituents is 1. The normalized spacial score (nSPS) is 38.5. The number of hydrogen-bond acceptors (Lipinski definition) is 6. The van der Waals surface area contributed by atoms with Crippen molar-refractivity contribution >= 4 is 0 Å². The van der Waals surface area contributed by atoms with Gasteiger partial charge >= 0.3 is 0 Å². The van der Waals surface area contributed by atoms with Gasteiger partial charge < -0.3 is 24.4 Å². The van der Waals surface area contributed by atoms with Crippen molar-refractivity contribution in [2.24, 2.45) is 5.92 Å². The first-order chi connectivity index (χ1) is 15.1. The Hall–Kier alpha value is -1.34. The molecule has 2 N–H and O–H groups in total. The van der Waals surface area contributed by atoms with Crippen LogP contribution in [0.3, 0.4) is 0 Å². The molecule has 5 atom stereocenters. The van der Waals surface area contributed by atoms with Crippen LogP contribution in [0.15, 0.2) is 12.1 Å². The highest BCUT2D eigenvalue weighted by atomic mass is 16.6. The van der Waals surface area contributed by atoms with E-state index in [9.17, 15) is 10.2 Å². The lowest BCUT2D eigenvalue weighted by atomic mass is 9.48. The van der Waals surface area contributed by atoms with Gasteiger partial charge in [-0.15, -0.1) is 0 Å². The van der Waals surface area contributed by atoms with Crippen molar-refractivity contribution in [1.29, 1.82) is 0 Å². The largest absolute Gasteiger partial charge is 0.504 e.